The fourth-order valence-corrected chi connectivity index (χ4v) is 12.2. The third-order valence-corrected chi connectivity index (χ3v) is 15.0. The molecule has 0 spiro atoms. The first kappa shape index (κ1) is 37.4. The van der Waals surface area contributed by atoms with E-state index in [1.54, 1.807) is 0 Å². The number of furan rings is 2. The van der Waals surface area contributed by atoms with Crippen molar-refractivity contribution in [1.82, 2.24) is 0 Å². The second kappa shape index (κ2) is 13.9. The lowest BCUT2D eigenvalue weighted by Gasteiger charge is -2.61. The van der Waals surface area contributed by atoms with Crippen LogP contribution in [0.15, 0.2) is 45.2 Å². The van der Waals surface area contributed by atoms with Gasteiger partial charge in [0.05, 0.1) is 33.6 Å². The fraction of sp³-hybridized carbons (Fsp3) is 0.628. The number of fused-ring (bicyclic) bond motifs is 7. The number of benzene rings is 2. The summed E-state index contributed by atoms with van der Waals surface area (Å²) in [6.45, 7) is 11.9. The molecular formula is C43H52N2O10-2. The summed E-state index contributed by atoms with van der Waals surface area (Å²) in [6, 6.07) is 8.38. The lowest BCUT2D eigenvalue weighted by Crippen LogP contribution is -2.59. The molecule has 12 nitrogen and oxygen atoms in total. The standard InChI is InChI=1S/C43H54N2O10/c1-23(2)7-6-8-24(3)33-13-14-34-32-22-37(55-45(51)26-10-12-29-31(20-26)41(49)53-39(29)47)36-21-27(15-17-43(36,5)35(32)16-18-42(33,34)4)54-44(50)25-9-11-28-30(19-25)40(48)52-38(28)46/h9-12,19-20,23-24,27,32-37H,6-8,13-18,21-22H2,1-5H3,(H2-2,46,47,48,49,50,51)/p-2. The van der Waals surface area contributed by atoms with E-state index in [1.807, 2.05) is 0 Å². The Morgan fingerprint density at radius 3 is 1.87 bits per heavy atom. The fourth-order valence-electron chi connectivity index (χ4n) is 12.2. The Balaban J connectivity index is 1.06. The van der Waals surface area contributed by atoms with E-state index in [4.69, 9.17) is 14.1 Å². The third kappa shape index (κ3) is 6.37. The van der Waals surface area contributed by atoms with Gasteiger partial charge in [0.25, 0.3) is 9.85 Å². The second-order valence-corrected chi connectivity index (χ2v) is 18.2. The van der Waals surface area contributed by atoms with Crippen LogP contribution in [0.3, 0.4) is 0 Å². The quantitative estimate of drug-likeness (QED) is 0.135. The van der Waals surface area contributed by atoms with Crippen LogP contribution in [-0.4, -0.2) is 22.1 Å². The minimum absolute atomic E-state index is 0.0260. The third-order valence-electron chi connectivity index (χ3n) is 15.0. The van der Waals surface area contributed by atoms with E-state index in [9.17, 15) is 30.2 Å². The van der Waals surface area contributed by atoms with E-state index in [1.165, 1.54) is 74.9 Å². The van der Waals surface area contributed by atoms with Crippen molar-refractivity contribution in [1.29, 1.82) is 0 Å². The minimum Gasteiger partial charge on any atom is -0.571 e. The van der Waals surface area contributed by atoms with E-state index in [2.05, 4.69) is 39.0 Å². The molecule has 0 amide bonds. The maximum Gasteiger partial charge on any atom is 0.317 e. The maximum absolute atomic E-state index is 13.9. The van der Waals surface area contributed by atoms with Crippen LogP contribution < -0.4 is 20.4 Å². The van der Waals surface area contributed by atoms with E-state index >= 15 is 0 Å². The van der Waals surface area contributed by atoms with Gasteiger partial charge >= 0.3 is 11.4 Å². The summed E-state index contributed by atoms with van der Waals surface area (Å²) in [5, 5.41) is 48.9. The van der Waals surface area contributed by atoms with Gasteiger partial charge in [0.1, 0.15) is 0 Å². The molecule has 2 heterocycles. The summed E-state index contributed by atoms with van der Waals surface area (Å²) in [6.07, 6.45) is 10.0. The van der Waals surface area contributed by atoms with E-state index in [-0.39, 0.29) is 49.7 Å². The van der Waals surface area contributed by atoms with Gasteiger partial charge in [0, 0.05) is 51.7 Å². The maximum atomic E-state index is 13.9. The van der Waals surface area contributed by atoms with Gasteiger partial charge in [-0.05, 0) is 110 Å². The highest BCUT2D eigenvalue weighted by Gasteiger charge is 2.64. The van der Waals surface area contributed by atoms with Crippen molar-refractivity contribution in [2.45, 2.75) is 117 Å². The van der Waals surface area contributed by atoms with Crippen LogP contribution >= 0.6 is 0 Å². The first-order valence-electron chi connectivity index (χ1n) is 20.3. The molecular weight excluding hydrogens is 704 g/mol. The second-order valence-electron chi connectivity index (χ2n) is 18.2. The molecule has 4 aliphatic carbocycles. The molecule has 2 aromatic carbocycles. The Labute approximate surface area is 320 Å². The average molecular weight is 757 g/mol. The summed E-state index contributed by atoms with van der Waals surface area (Å²) in [5.74, 6) is 0.125. The van der Waals surface area contributed by atoms with Crippen molar-refractivity contribution in [3.63, 3.8) is 0 Å². The van der Waals surface area contributed by atoms with Gasteiger partial charge in [-0.2, -0.15) is 0 Å². The lowest BCUT2D eigenvalue weighted by atomic mass is 9.43. The van der Waals surface area contributed by atoms with E-state index in [0.29, 0.717) is 64.6 Å². The van der Waals surface area contributed by atoms with Crippen molar-refractivity contribution in [3.05, 3.63) is 46.2 Å². The Morgan fingerprint density at radius 1 is 0.691 bits per heavy atom. The summed E-state index contributed by atoms with van der Waals surface area (Å²) < 4.78 is 9.44. The molecule has 4 aliphatic rings. The van der Waals surface area contributed by atoms with Gasteiger partial charge in [-0.1, -0.05) is 53.9 Å². The van der Waals surface area contributed by atoms with Gasteiger partial charge < -0.3 is 29.3 Å². The zero-order valence-electron chi connectivity index (χ0n) is 32.4. The monoisotopic (exact) mass is 756 g/mol. The SMILES string of the molecule is CC(C)CCCC(C)C1CCC2C3CC(O[N+](=O)c4ccc5c([O-])oc([O-])c5c4)C4CC(O[N+](=O)c5ccc6c([O-])oc([O-])c6c5)CCC4(C)C3CCC12C. The van der Waals surface area contributed by atoms with Gasteiger partial charge in [0.2, 0.25) is 0 Å². The Morgan fingerprint density at radius 2 is 1.25 bits per heavy atom. The topological polar surface area (TPSA) is 177 Å². The van der Waals surface area contributed by atoms with Gasteiger partial charge in [-0.25, -0.2) is 9.68 Å². The molecule has 0 saturated heterocycles. The van der Waals surface area contributed by atoms with Crippen LogP contribution in [-0.2, 0) is 9.68 Å². The number of hydrogen-bond donors (Lipinski definition) is 0. The van der Waals surface area contributed by atoms with Crippen LogP contribution in [0.2, 0.25) is 0 Å². The van der Waals surface area contributed by atoms with Crippen LogP contribution in [0.25, 0.3) is 21.5 Å². The van der Waals surface area contributed by atoms with Gasteiger partial charge in [0.15, 0.2) is 12.2 Å². The highest BCUT2D eigenvalue weighted by molar-refractivity contribution is 5.92. The van der Waals surface area contributed by atoms with Crippen molar-refractivity contribution >= 4 is 32.9 Å². The van der Waals surface area contributed by atoms with Crippen LogP contribution in [0, 0.1) is 62.1 Å². The molecule has 4 fully saturated rings. The molecule has 10 unspecified atom stereocenters. The van der Waals surface area contributed by atoms with Crippen LogP contribution in [0.4, 0.5) is 11.4 Å². The van der Waals surface area contributed by atoms with Crippen molar-refractivity contribution in [2.75, 3.05) is 0 Å². The summed E-state index contributed by atoms with van der Waals surface area (Å²) >= 11 is 0. The highest BCUT2D eigenvalue weighted by Crippen LogP contribution is 2.69. The molecule has 4 saturated carbocycles. The molecule has 0 radical (unpaired) electrons. The van der Waals surface area contributed by atoms with Crippen LogP contribution in [0.5, 0.6) is 23.8 Å². The number of nitrogens with zero attached hydrogens (tertiary/aromatic N) is 2. The Hall–Kier alpha value is -4.48. The first-order chi connectivity index (χ1) is 26.2. The Kier molecular flexibility index (Phi) is 9.48. The van der Waals surface area contributed by atoms with Crippen molar-refractivity contribution in [3.8, 4) is 23.8 Å². The normalized spacial score (nSPS) is 32.2. The molecule has 2 aromatic heterocycles. The smallest absolute Gasteiger partial charge is 0.317 e. The molecule has 296 valence electrons. The van der Waals surface area contributed by atoms with Crippen LogP contribution in [0.1, 0.15) is 105 Å². The molecule has 4 aromatic rings. The molecule has 10 atom stereocenters. The molecule has 0 N–H and O–H groups in total. The molecule has 12 heteroatoms. The van der Waals surface area contributed by atoms with Gasteiger partial charge in [-0.15, -0.1) is 0 Å². The van der Waals surface area contributed by atoms with Crippen molar-refractivity contribution < 1.29 is 48.8 Å². The molecule has 55 heavy (non-hydrogen) atoms. The molecule has 0 bridgehead atoms. The largest absolute Gasteiger partial charge is 0.571 e. The zero-order valence-corrected chi connectivity index (χ0v) is 32.4. The molecule has 8 rings (SSSR count). The number of rotatable bonds is 11. The van der Waals surface area contributed by atoms with Crippen molar-refractivity contribution in [2.24, 2.45) is 52.3 Å². The van der Waals surface area contributed by atoms with E-state index in [0.717, 1.165) is 12.8 Å². The minimum atomic E-state index is -0.799. The average Bonchev–Trinajstić information content (AvgIpc) is 3.76. The first-order valence-corrected chi connectivity index (χ1v) is 20.3. The Bertz CT molecular complexity index is 2110. The number of hydrogen-bond acceptors (Lipinski definition) is 10. The summed E-state index contributed by atoms with van der Waals surface area (Å²) in [5.41, 5.74) is 0.208. The van der Waals surface area contributed by atoms with E-state index < -0.39 is 36.0 Å². The lowest BCUT2D eigenvalue weighted by molar-refractivity contribution is -0.765. The molecule has 0 aliphatic heterocycles. The van der Waals surface area contributed by atoms with Gasteiger partial charge in [-0.3, -0.25) is 0 Å². The summed E-state index contributed by atoms with van der Waals surface area (Å²) in [7, 11) is 0. The summed E-state index contributed by atoms with van der Waals surface area (Å²) in [4.78, 5) is 40.7. The predicted molar refractivity (Wildman–Crippen MR) is 195 cm³/mol. The highest BCUT2D eigenvalue weighted by atomic mass is 16.8. The zero-order chi connectivity index (χ0) is 39.0. The predicted octanol–water partition coefficient (Wildman–Crippen LogP) is 8.33.